The van der Waals surface area contributed by atoms with E-state index in [4.69, 9.17) is 4.74 Å². The zero-order chi connectivity index (χ0) is 17.7. The molecule has 2 aromatic carbocycles. The second kappa shape index (κ2) is 7.46. The van der Waals surface area contributed by atoms with Crippen LogP contribution in [0.1, 0.15) is 11.1 Å². The Morgan fingerprint density at radius 2 is 1.88 bits per heavy atom. The van der Waals surface area contributed by atoms with Gasteiger partial charge in [-0.15, -0.1) is 0 Å². The van der Waals surface area contributed by atoms with E-state index < -0.39 is 10.0 Å². The highest BCUT2D eigenvalue weighted by Gasteiger charge is 2.16. The molecule has 0 aliphatic heterocycles. The van der Waals surface area contributed by atoms with Crippen molar-refractivity contribution in [2.24, 2.45) is 0 Å². The van der Waals surface area contributed by atoms with E-state index in [1.165, 1.54) is 13.1 Å². The predicted octanol–water partition coefficient (Wildman–Crippen LogP) is 2.09. The van der Waals surface area contributed by atoms with Crippen LogP contribution in [-0.4, -0.2) is 28.5 Å². The lowest BCUT2D eigenvalue weighted by Gasteiger charge is -2.11. The third-order valence-corrected chi connectivity index (χ3v) is 5.13. The Hall–Kier alpha value is -2.38. The molecule has 0 saturated heterocycles. The van der Waals surface area contributed by atoms with Gasteiger partial charge in [-0.25, -0.2) is 13.1 Å². The standard InChI is InChI=1S/C17H20N2O4S/c1-12-8-9-14(11-16(12)24(21,22)18-2)19-17(20)10-13-6-4-5-7-15(13)23-3/h4-9,11,18H,10H2,1-3H3,(H,19,20). The Morgan fingerprint density at radius 3 is 2.54 bits per heavy atom. The van der Waals surface area contributed by atoms with Crippen molar-refractivity contribution < 1.29 is 17.9 Å². The van der Waals surface area contributed by atoms with E-state index in [0.717, 1.165) is 5.56 Å². The van der Waals surface area contributed by atoms with Crippen molar-refractivity contribution in [1.82, 2.24) is 4.72 Å². The number of benzene rings is 2. The van der Waals surface area contributed by atoms with Gasteiger partial charge in [-0.2, -0.15) is 0 Å². The Balaban J connectivity index is 2.19. The molecule has 1 amide bonds. The van der Waals surface area contributed by atoms with Crippen LogP contribution >= 0.6 is 0 Å². The van der Waals surface area contributed by atoms with E-state index in [1.807, 2.05) is 18.2 Å². The monoisotopic (exact) mass is 348 g/mol. The van der Waals surface area contributed by atoms with Gasteiger partial charge in [0.2, 0.25) is 15.9 Å². The van der Waals surface area contributed by atoms with Gasteiger partial charge in [-0.3, -0.25) is 4.79 Å². The molecular formula is C17H20N2O4S. The molecule has 0 unspecified atom stereocenters. The van der Waals surface area contributed by atoms with Crippen LogP contribution in [0.25, 0.3) is 0 Å². The Labute approximate surface area is 141 Å². The number of carbonyl (C=O) groups is 1. The van der Waals surface area contributed by atoms with Crippen LogP contribution in [0.5, 0.6) is 5.75 Å². The minimum Gasteiger partial charge on any atom is -0.496 e. The average Bonchev–Trinajstić information content (AvgIpc) is 2.57. The van der Waals surface area contributed by atoms with Gasteiger partial charge in [0.1, 0.15) is 5.75 Å². The Morgan fingerprint density at radius 1 is 1.17 bits per heavy atom. The van der Waals surface area contributed by atoms with E-state index in [-0.39, 0.29) is 17.2 Å². The second-order valence-corrected chi connectivity index (χ2v) is 7.08. The maximum Gasteiger partial charge on any atom is 0.240 e. The third kappa shape index (κ3) is 4.12. The molecule has 0 heterocycles. The summed E-state index contributed by atoms with van der Waals surface area (Å²) in [5, 5.41) is 2.72. The highest BCUT2D eigenvalue weighted by molar-refractivity contribution is 7.89. The van der Waals surface area contributed by atoms with Crippen LogP contribution in [0.4, 0.5) is 5.69 Å². The summed E-state index contributed by atoms with van der Waals surface area (Å²) in [6.07, 6.45) is 0.131. The molecule has 2 rings (SSSR count). The fraction of sp³-hybridized carbons (Fsp3) is 0.235. The molecule has 7 heteroatoms. The molecule has 0 saturated carbocycles. The molecule has 2 aromatic rings. The first-order valence-corrected chi connectivity index (χ1v) is 8.81. The summed E-state index contributed by atoms with van der Waals surface area (Å²) in [6.45, 7) is 1.70. The zero-order valence-electron chi connectivity index (χ0n) is 13.8. The molecule has 0 fully saturated rings. The third-order valence-electron chi connectivity index (χ3n) is 3.57. The fourth-order valence-electron chi connectivity index (χ4n) is 2.30. The quantitative estimate of drug-likeness (QED) is 0.837. The summed E-state index contributed by atoms with van der Waals surface area (Å²) in [4.78, 5) is 12.4. The molecule has 2 N–H and O–H groups in total. The molecule has 0 bridgehead atoms. The molecule has 128 valence electrons. The Bertz CT molecular complexity index is 847. The minimum atomic E-state index is -3.58. The molecule has 24 heavy (non-hydrogen) atoms. The van der Waals surface area contributed by atoms with Crippen molar-refractivity contribution in [2.45, 2.75) is 18.2 Å². The number of aryl methyl sites for hydroxylation is 1. The zero-order valence-corrected chi connectivity index (χ0v) is 14.6. The second-order valence-electron chi connectivity index (χ2n) is 5.22. The van der Waals surface area contributed by atoms with Crippen molar-refractivity contribution >= 4 is 21.6 Å². The summed E-state index contributed by atoms with van der Waals surface area (Å²) in [5.41, 5.74) is 1.79. The van der Waals surface area contributed by atoms with Crippen molar-refractivity contribution in [1.29, 1.82) is 0 Å². The van der Waals surface area contributed by atoms with Crippen molar-refractivity contribution in [3.05, 3.63) is 53.6 Å². The first kappa shape index (κ1) is 18.0. The number of anilines is 1. The molecule has 0 radical (unpaired) electrons. The maximum atomic E-state index is 12.2. The van der Waals surface area contributed by atoms with Crippen molar-refractivity contribution in [3.8, 4) is 5.75 Å². The van der Waals surface area contributed by atoms with Gasteiger partial charge in [-0.1, -0.05) is 24.3 Å². The number of carbonyl (C=O) groups excluding carboxylic acids is 1. The normalized spacial score (nSPS) is 11.1. The first-order valence-electron chi connectivity index (χ1n) is 7.33. The van der Waals surface area contributed by atoms with Gasteiger partial charge in [0.15, 0.2) is 0 Å². The van der Waals surface area contributed by atoms with E-state index >= 15 is 0 Å². The summed E-state index contributed by atoms with van der Waals surface area (Å²) in [7, 11) is -0.682. The fourth-order valence-corrected chi connectivity index (χ4v) is 3.30. The SMILES string of the molecule is CNS(=O)(=O)c1cc(NC(=O)Cc2ccccc2OC)ccc1C. The van der Waals surface area contributed by atoms with Crippen LogP contribution in [0.15, 0.2) is 47.4 Å². The highest BCUT2D eigenvalue weighted by atomic mass is 32.2. The van der Waals surface area contributed by atoms with E-state index in [0.29, 0.717) is 17.0 Å². The number of sulfonamides is 1. The lowest BCUT2D eigenvalue weighted by atomic mass is 10.1. The largest absolute Gasteiger partial charge is 0.496 e. The molecule has 0 aliphatic rings. The van der Waals surface area contributed by atoms with Crippen LogP contribution in [0.2, 0.25) is 0 Å². The topological polar surface area (TPSA) is 84.5 Å². The Kier molecular flexibility index (Phi) is 5.58. The van der Waals surface area contributed by atoms with Crippen molar-refractivity contribution in [3.63, 3.8) is 0 Å². The summed E-state index contributed by atoms with van der Waals surface area (Å²) >= 11 is 0. The first-order chi connectivity index (χ1) is 11.4. The molecule has 6 nitrogen and oxygen atoms in total. The van der Waals surface area contributed by atoms with Crippen molar-refractivity contribution in [2.75, 3.05) is 19.5 Å². The van der Waals surface area contributed by atoms with Gasteiger partial charge in [-0.05, 0) is 37.7 Å². The number of ether oxygens (including phenoxy) is 1. The van der Waals surface area contributed by atoms with Gasteiger partial charge >= 0.3 is 0 Å². The van der Waals surface area contributed by atoms with Crippen LogP contribution in [0.3, 0.4) is 0 Å². The highest BCUT2D eigenvalue weighted by Crippen LogP contribution is 2.21. The summed E-state index contributed by atoms with van der Waals surface area (Å²) in [5.74, 6) is 0.381. The molecular weight excluding hydrogens is 328 g/mol. The van der Waals surface area contributed by atoms with E-state index in [1.54, 1.807) is 32.2 Å². The summed E-state index contributed by atoms with van der Waals surface area (Å²) in [6, 6.07) is 12.0. The minimum absolute atomic E-state index is 0.131. The number of amides is 1. The lowest BCUT2D eigenvalue weighted by Crippen LogP contribution is -2.20. The van der Waals surface area contributed by atoms with E-state index in [2.05, 4.69) is 10.0 Å². The number of rotatable bonds is 6. The average molecular weight is 348 g/mol. The smallest absolute Gasteiger partial charge is 0.240 e. The molecule has 0 atom stereocenters. The van der Waals surface area contributed by atoms with Gasteiger partial charge < -0.3 is 10.1 Å². The molecule has 0 aromatic heterocycles. The molecule has 0 spiro atoms. The van der Waals surface area contributed by atoms with Gasteiger partial charge in [0.25, 0.3) is 0 Å². The number of hydrogen-bond acceptors (Lipinski definition) is 4. The number of methoxy groups -OCH3 is 1. The maximum absolute atomic E-state index is 12.2. The molecule has 0 aliphatic carbocycles. The summed E-state index contributed by atoms with van der Waals surface area (Å²) < 4.78 is 31.5. The van der Waals surface area contributed by atoms with Gasteiger partial charge in [0, 0.05) is 11.3 Å². The number of nitrogens with one attached hydrogen (secondary N) is 2. The van der Waals surface area contributed by atoms with E-state index in [9.17, 15) is 13.2 Å². The van der Waals surface area contributed by atoms with Crippen LogP contribution in [0, 0.1) is 6.92 Å². The lowest BCUT2D eigenvalue weighted by molar-refractivity contribution is -0.115. The number of para-hydroxylation sites is 1. The van der Waals surface area contributed by atoms with Crippen LogP contribution in [-0.2, 0) is 21.2 Å². The van der Waals surface area contributed by atoms with Gasteiger partial charge in [0.05, 0.1) is 18.4 Å². The van der Waals surface area contributed by atoms with Crippen LogP contribution < -0.4 is 14.8 Å². The predicted molar refractivity (Wildman–Crippen MR) is 92.8 cm³/mol. The number of hydrogen-bond donors (Lipinski definition) is 2.